The van der Waals surface area contributed by atoms with E-state index in [0.717, 1.165) is 45.5 Å². The molecule has 12 aromatic rings. The van der Waals surface area contributed by atoms with Gasteiger partial charge in [-0.05, 0) is 158 Å². The molecule has 616 valence electrons. The maximum absolute atomic E-state index is 3.30. The Morgan fingerprint density at radius 1 is 0.181 bits per heavy atom. The number of aryl methyl sites for hydroxylation is 2. The Morgan fingerprint density at radius 3 is 0.534 bits per heavy atom. The summed E-state index contributed by atoms with van der Waals surface area (Å²) in [6.07, 6.45) is 33.1. The lowest BCUT2D eigenvalue weighted by Gasteiger charge is -2.25. The third-order valence-electron chi connectivity index (χ3n) is 14.5. The molecule has 1 unspecified atom stereocenters. The maximum Gasteiger partial charge on any atom is 0.0462 e. The smallest absolute Gasteiger partial charge is 0.0462 e. The first-order valence-electron chi connectivity index (χ1n) is 42.3. The molecule has 116 heavy (non-hydrogen) atoms. The summed E-state index contributed by atoms with van der Waals surface area (Å²) in [4.78, 5) is 4.53. The van der Waals surface area contributed by atoms with Crippen LogP contribution in [0.25, 0.3) is 36.5 Å². The van der Waals surface area contributed by atoms with Gasteiger partial charge in [0.25, 0.3) is 0 Å². The molecule has 0 spiro atoms. The van der Waals surface area contributed by atoms with Crippen LogP contribution in [-0.4, -0.2) is 0 Å². The van der Waals surface area contributed by atoms with Crippen LogP contribution < -0.4 is 15.1 Å². The quantitative estimate of drug-likeness (QED) is 0.0682. The van der Waals surface area contributed by atoms with Crippen molar-refractivity contribution >= 4 is 91.9 Å². The topological polar surface area (TPSA) is 18.5 Å². The minimum absolute atomic E-state index is 0. The monoisotopic (exact) mass is 1570 g/mol. The van der Waals surface area contributed by atoms with Gasteiger partial charge in [0, 0.05) is 45.5 Å². The zero-order valence-electron chi connectivity index (χ0n) is 75.7. The fourth-order valence-electron chi connectivity index (χ4n) is 9.59. The predicted molar refractivity (Wildman–Crippen MR) is 542 cm³/mol. The molecule has 0 aliphatic rings. The van der Waals surface area contributed by atoms with Gasteiger partial charge in [-0.25, -0.2) is 0 Å². The first-order chi connectivity index (χ1) is 56.9. The zero-order chi connectivity index (χ0) is 86.0. The van der Waals surface area contributed by atoms with E-state index in [0.29, 0.717) is 0 Å². The van der Waals surface area contributed by atoms with E-state index in [2.05, 4.69) is 314 Å². The number of benzene rings is 12. The summed E-state index contributed by atoms with van der Waals surface area (Å²) in [5.74, 6) is 0. The molecule has 0 aromatic heterocycles. The molecule has 0 aliphatic heterocycles. The maximum atomic E-state index is 3.30. The molecule has 0 amide bonds. The summed E-state index contributed by atoms with van der Waals surface area (Å²) >= 11 is 0. The number of anilines is 8. The lowest BCUT2D eigenvalue weighted by atomic mass is 10.1. The van der Waals surface area contributed by atoms with Crippen molar-refractivity contribution in [3.63, 3.8) is 0 Å². The molecule has 0 aliphatic carbocycles. The molecule has 0 fully saturated rings. The van der Waals surface area contributed by atoms with Gasteiger partial charge in [0.1, 0.15) is 0 Å². The van der Waals surface area contributed by atoms with Gasteiger partial charge in [-0.2, -0.15) is 9.90 Å². The van der Waals surface area contributed by atoms with Crippen molar-refractivity contribution in [2.75, 3.05) is 15.1 Å². The molecule has 4 heteroatoms. The van der Waals surface area contributed by atoms with Crippen molar-refractivity contribution in [1.82, 2.24) is 0 Å². The summed E-state index contributed by atoms with van der Waals surface area (Å²) in [7, 11) is 0. The van der Waals surface area contributed by atoms with Crippen LogP contribution in [0.5, 0.6) is 0 Å². The van der Waals surface area contributed by atoms with Gasteiger partial charge >= 0.3 is 0 Å². The van der Waals surface area contributed by atoms with Crippen molar-refractivity contribution in [2.24, 2.45) is 0 Å². The fraction of sp³-hybridized carbons (Fsp3) is 0.214. The molecule has 0 saturated heterocycles. The van der Waals surface area contributed by atoms with Crippen LogP contribution >= 0.6 is 9.90 Å². The van der Waals surface area contributed by atoms with Gasteiger partial charge < -0.3 is 15.1 Å². The molecule has 3 nitrogen and oxygen atoms in total. The van der Waals surface area contributed by atoms with Crippen molar-refractivity contribution in [1.29, 1.82) is 0 Å². The highest BCUT2D eigenvalue weighted by Crippen LogP contribution is 2.36. The van der Waals surface area contributed by atoms with Crippen molar-refractivity contribution in [3.8, 4) is 0 Å². The van der Waals surface area contributed by atoms with Crippen LogP contribution in [-0.2, 0) is 0 Å². The average Bonchev–Trinajstić information content (AvgIpc) is 0.820. The van der Waals surface area contributed by atoms with E-state index in [-0.39, 0.29) is 9.90 Å². The highest BCUT2D eigenvalue weighted by molar-refractivity contribution is 6.92. The molecular formula is C112H148N3P. The number of para-hydroxylation sites is 6. The Hall–Kier alpha value is -11.6. The number of nitrogens with one attached hydrogen (secondary N) is 1. The van der Waals surface area contributed by atoms with Crippen LogP contribution in [0.4, 0.5) is 45.5 Å². The number of hydrogen-bond acceptors (Lipinski definition) is 3. The Labute approximate surface area is 713 Å². The SMILES string of the molecule is C(/C=C/c1ccc(N(c2ccccc2)c2ccccc2)cc1)=C\c1ccccc1.C/C=C/C=C/c1ccc(C)cc1.C/C=C/C=C/c1ccc(N(c2ccccc2)c2ccccc2)cc1.CC.CC.CC.CC.CC.CC.CC.CC.CC.CC.Cc1ccc(/C=C/C=C/c2ccccc2)cc1.P.c1ccc(Nc2ccccc2)cc1. The van der Waals surface area contributed by atoms with Gasteiger partial charge in [0.05, 0.1) is 0 Å². The molecule has 12 aromatic carbocycles. The first-order valence-corrected chi connectivity index (χ1v) is 42.3. The van der Waals surface area contributed by atoms with E-state index in [1.807, 2.05) is 304 Å². The molecule has 0 saturated carbocycles. The Bertz CT molecular complexity index is 4150. The summed E-state index contributed by atoms with van der Waals surface area (Å²) in [6, 6.07) is 117. The minimum atomic E-state index is 0. The second kappa shape index (κ2) is 81.4. The first kappa shape index (κ1) is 111. The zero-order valence-corrected chi connectivity index (χ0v) is 77.1. The molecule has 1 N–H and O–H groups in total. The highest BCUT2D eigenvalue weighted by Gasteiger charge is 2.13. The second-order valence-electron chi connectivity index (χ2n) is 21.9. The van der Waals surface area contributed by atoms with E-state index >= 15 is 0 Å². The highest BCUT2D eigenvalue weighted by atomic mass is 31.0. The van der Waals surface area contributed by atoms with Gasteiger partial charge in [0.15, 0.2) is 0 Å². The van der Waals surface area contributed by atoms with E-state index < -0.39 is 0 Å². The van der Waals surface area contributed by atoms with Crippen molar-refractivity contribution in [2.45, 2.75) is 166 Å². The minimum Gasteiger partial charge on any atom is -0.356 e. The fourth-order valence-corrected chi connectivity index (χ4v) is 9.59. The average molecular weight is 1570 g/mol. The van der Waals surface area contributed by atoms with E-state index in [1.165, 1.54) is 44.5 Å². The van der Waals surface area contributed by atoms with Gasteiger partial charge in [-0.3, -0.25) is 0 Å². The van der Waals surface area contributed by atoms with Crippen LogP contribution in [0.3, 0.4) is 0 Å². The third kappa shape index (κ3) is 50.5. The molecule has 0 bridgehead atoms. The number of nitrogens with zero attached hydrogens (tertiary/aromatic N) is 2. The summed E-state index contributed by atoms with van der Waals surface area (Å²) < 4.78 is 0. The van der Waals surface area contributed by atoms with Gasteiger partial charge in [-0.15, -0.1) is 0 Å². The van der Waals surface area contributed by atoms with Crippen molar-refractivity contribution < 1.29 is 0 Å². The summed E-state index contributed by atoms with van der Waals surface area (Å²) in [6.45, 7) is 48.2. The van der Waals surface area contributed by atoms with Crippen LogP contribution in [0.2, 0.25) is 0 Å². The molecule has 1 atom stereocenters. The largest absolute Gasteiger partial charge is 0.356 e. The summed E-state index contributed by atoms with van der Waals surface area (Å²) in [5, 5.41) is 3.30. The number of hydrogen-bond donors (Lipinski definition) is 1. The van der Waals surface area contributed by atoms with Crippen LogP contribution in [0.1, 0.15) is 197 Å². The second-order valence-corrected chi connectivity index (χ2v) is 21.9. The summed E-state index contributed by atoms with van der Waals surface area (Å²) in [5.41, 5.74) is 19.0. The Kier molecular flexibility index (Phi) is 77.7. The lowest BCUT2D eigenvalue weighted by molar-refractivity contribution is 1.28. The third-order valence-corrected chi connectivity index (χ3v) is 14.5. The lowest BCUT2D eigenvalue weighted by Crippen LogP contribution is -2.09. The van der Waals surface area contributed by atoms with Crippen LogP contribution in [0.15, 0.2) is 400 Å². The molecule has 0 radical (unpaired) electrons. The molecule has 0 heterocycles. The standard InChI is InChI=1S/C28H23N.C23H21N.C17H16.C12H11N.C12H14.10C2H6.H3P/c1-4-12-24(13-5-1)14-10-11-15-25-20-22-28(23-21-25)29(26-16-6-2-7-17-26)27-18-8-3-9-19-27;1-2-3-6-11-20-16-18-23(19-17-20)24(21-12-7-4-8-13-21)22-14-9-5-10-15-22;1-15-11-13-17(14-12-15)10-6-5-9-16-7-3-2-4-8-16;1-3-7-11(8-4-1)13-12-9-5-2-6-10-12;1-3-4-5-6-12-9-7-11(2)8-10-12;10*1-2;/h1-23H;2-19H,1H3;2-14H,1H3;1-10,13H;3-10H,1-2H3;10*1-2H3;1H3/b14-10+,15-11+;3-2+,11-6+;9-5+,10-6+;;4-3+,6-5+;;;;;;;;;;;. The van der Waals surface area contributed by atoms with E-state index in [4.69, 9.17) is 0 Å². The van der Waals surface area contributed by atoms with Crippen molar-refractivity contribution in [3.05, 3.63) is 445 Å². The normalized spacial score (nSPS) is 9.55. The van der Waals surface area contributed by atoms with E-state index in [9.17, 15) is 0 Å². The number of allylic oxidation sites excluding steroid dienone is 10. The van der Waals surface area contributed by atoms with E-state index in [1.54, 1.807) is 0 Å². The number of rotatable bonds is 18. The molecular weight excluding hydrogens is 1420 g/mol. The van der Waals surface area contributed by atoms with Gasteiger partial charge in [-0.1, -0.05) is 489 Å². The predicted octanol–water partition coefficient (Wildman–Crippen LogP) is 36.7. The Morgan fingerprint density at radius 2 is 0.336 bits per heavy atom. The van der Waals surface area contributed by atoms with Gasteiger partial charge in [0.2, 0.25) is 0 Å². The van der Waals surface area contributed by atoms with Crippen LogP contribution in [0, 0.1) is 13.8 Å². The molecule has 12 rings (SSSR count). The Balaban J connectivity index is -0.000000656.